The van der Waals surface area contributed by atoms with E-state index in [4.69, 9.17) is 14.2 Å². The van der Waals surface area contributed by atoms with E-state index >= 15 is 0 Å². The average Bonchev–Trinajstić information content (AvgIpc) is 3.17. The number of aryl methyl sites for hydroxylation is 1. The Hall–Kier alpha value is -2.54. The Morgan fingerprint density at radius 3 is 2.52 bits per heavy atom. The number of hydrogen-bond acceptors (Lipinski definition) is 7. The summed E-state index contributed by atoms with van der Waals surface area (Å²) >= 11 is 0. The van der Waals surface area contributed by atoms with E-state index in [-0.39, 0.29) is 6.79 Å². The molecule has 144 valence electrons. The van der Waals surface area contributed by atoms with E-state index in [9.17, 15) is 0 Å². The van der Waals surface area contributed by atoms with E-state index in [0.717, 1.165) is 63.0 Å². The van der Waals surface area contributed by atoms with Crippen LogP contribution in [0.3, 0.4) is 0 Å². The van der Waals surface area contributed by atoms with Gasteiger partial charge in [-0.2, -0.15) is 0 Å². The molecule has 1 aromatic carbocycles. The van der Waals surface area contributed by atoms with E-state index in [1.165, 1.54) is 11.1 Å². The van der Waals surface area contributed by atoms with Crippen molar-refractivity contribution >= 4 is 5.95 Å². The predicted molar refractivity (Wildman–Crippen MR) is 103 cm³/mol. The average molecular weight is 370 g/mol. The molecule has 0 atom stereocenters. The van der Waals surface area contributed by atoms with Gasteiger partial charge in [-0.05, 0) is 29.7 Å². The Bertz CT molecular complexity index is 774. The van der Waals surface area contributed by atoms with Crippen molar-refractivity contribution < 1.29 is 14.2 Å². The highest BCUT2D eigenvalue weighted by atomic mass is 16.7. The standard InChI is InChI=1S/C20H26N4O3/c1-3-4-15-11-21-20(22-12-15)24-7-5-23(6-8-24)13-16-9-17(25-2)19-18(10-16)26-14-27-19/h9-12H,3-8,13-14H2,1-2H3. The SMILES string of the molecule is CCCc1cnc(N2CCN(Cc3cc(OC)c4c(c3)OCO4)CC2)nc1. The van der Waals surface area contributed by atoms with Gasteiger partial charge in [-0.15, -0.1) is 0 Å². The monoisotopic (exact) mass is 370 g/mol. The van der Waals surface area contributed by atoms with Crippen LogP contribution in [0.5, 0.6) is 17.2 Å². The van der Waals surface area contributed by atoms with Crippen molar-refractivity contribution in [1.82, 2.24) is 14.9 Å². The molecule has 4 rings (SSSR count). The van der Waals surface area contributed by atoms with Crippen LogP contribution < -0.4 is 19.1 Å². The minimum absolute atomic E-state index is 0.255. The molecular formula is C20H26N4O3. The zero-order valence-corrected chi connectivity index (χ0v) is 16.0. The first kappa shape index (κ1) is 17.9. The molecule has 0 N–H and O–H groups in total. The number of fused-ring (bicyclic) bond motifs is 1. The second-order valence-electron chi connectivity index (χ2n) is 6.94. The topological polar surface area (TPSA) is 60.0 Å². The van der Waals surface area contributed by atoms with Crippen LogP contribution in [0.2, 0.25) is 0 Å². The van der Waals surface area contributed by atoms with Crippen LogP contribution in [0.1, 0.15) is 24.5 Å². The van der Waals surface area contributed by atoms with Gasteiger partial charge < -0.3 is 19.1 Å². The summed E-state index contributed by atoms with van der Waals surface area (Å²) in [6.45, 7) is 7.07. The number of piperazine rings is 1. The maximum atomic E-state index is 5.53. The van der Waals surface area contributed by atoms with Crippen LogP contribution in [0, 0.1) is 0 Å². The first-order valence-corrected chi connectivity index (χ1v) is 9.51. The Kier molecular flexibility index (Phi) is 5.29. The van der Waals surface area contributed by atoms with Crippen LogP contribution in [0.15, 0.2) is 24.5 Å². The Morgan fingerprint density at radius 1 is 1.04 bits per heavy atom. The fraction of sp³-hybridized carbons (Fsp3) is 0.500. The Morgan fingerprint density at radius 2 is 1.81 bits per heavy atom. The zero-order valence-electron chi connectivity index (χ0n) is 16.0. The van der Waals surface area contributed by atoms with E-state index in [2.05, 4.69) is 26.7 Å². The van der Waals surface area contributed by atoms with Crippen LogP contribution in [-0.2, 0) is 13.0 Å². The molecule has 27 heavy (non-hydrogen) atoms. The third-order valence-electron chi connectivity index (χ3n) is 5.01. The highest BCUT2D eigenvalue weighted by molar-refractivity contribution is 5.55. The smallest absolute Gasteiger partial charge is 0.231 e. The number of ether oxygens (including phenoxy) is 3. The molecular weight excluding hydrogens is 344 g/mol. The molecule has 0 radical (unpaired) electrons. The number of nitrogens with zero attached hydrogens (tertiary/aromatic N) is 4. The summed E-state index contributed by atoms with van der Waals surface area (Å²) in [6.07, 6.45) is 6.06. The lowest BCUT2D eigenvalue weighted by molar-refractivity contribution is 0.171. The Balaban J connectivity index is 1.36. The summed E-state index contributed by atoms with van der Waals surface area (Å²) in [7, 11) is 1.66. The minimum Gasteiger partial charge on any atom is -0.493 e. The lowest BCUT2D eigenvalue weighted by atomic mass is 10.1. The maximum Gasteiger partial charge on any atom is 0.231 e. The van der Waals surface area contributed by atoms with Gasteiger partial charge in [0.25, 0.3) is 0 Å². The molecule has 0 spiro atoms. The molecule has 3 heterocycles. The van der Waals surface area contributed by atoms with Crippen molar-refractivity contribution in [2.45, 2.75) is 26.3 Å². The molecule has 1 fully saturated rings. The van der Waals surface area contributed by atoms with Gasteiger partial charge in [0.2, 0.25) is 18.5 Å². The fourth-order valence-corrected chi connectivity index (χ4v) is 3.57. The first-order chi connectivity index (χ1) is 13.3. The zero-order chi connectivity index (χ0) is 18.6. The number of rotatable bonds is 6. The van der Waals surface area contributed by atoms with Gasteiger partial charge in [0, 0.05) is 45.1 Å². The number of anilines is 1. The van der Waals surface area contributed by atoms with Crippen molar-refractivity contribution in [3.63, 3.8) is 0 Å². The summed E-state index contributed by atoms with van der Waals surface area (Å²) in [4.78, 5) is 13.8. The van der Waals surface area contributed by atoms with Crippen molar-refractivity contribution in [2.75, 3.05) is 45.0 Å². The van der Waals surface area contributed by atoms with Crippen molar-refractivity contribution in [3.8, 4) is 17.2 Å². The second kappa shape index (κ2) is 8.00. The Labute approximate surface area is 159 Å². The largest absolute Gasteiger partial charge is 0.493 e. The van der Waals surface area contributed by atoms with Gasteiger partial charge >= 0.3 is 0 Å². The molecule has 7 heteroatoms. The molecule has 0 amide bonds. The summed E-state index contributed by atoms with van der Waals surface area (Å²) < 4.78 is 16.4. The lowest BCUT2D eigenvalue weighted by Crippen LogP contribution is -2.46. The van der Waals surface area contributed by atoms with Crippen molar-refractivity contribution in [1.29, 1.82) is 0 Å². The normalized spacial score (nSPS) is 16.6. The van der Waals surface area contributed by atoms with Crippen molar-refractivity contribution in [3.05, 3.63) is 35.7 Å². The fourth-order valence-electron chi connectivity index (χ4n) is 3.57. The van der Waals surface area contributed by atoms with Gasteiger partial charge in [-0.3, -0.25) is 4.90 Å². The van der Waals surface area contributed by atoms with Crippen LogP contribution in [0.4, 0.5) is 5.95 Å². The molecule has 7 nitrogen and oxygen atoms in total. The minimum atomic E-state index is 0.255. The summed E-state index contributed by atoms with van der Waals surface area (Å²) in [6, 6.07) is 4.09. The molecule has 0 saturated carbocycles. The number of aromatic nitrogens is 2. The number of methoxy groups -OCH3 is 1. The van der Waals surface area contributed by atoms with Crippen LogP contribution in [-0.4, -0.2) is 54.9 Å². The van der Waals surface area contributed by atoms with Gasteiger partial charge in [0.05, 0.1) is 7.11 Å². The summed E-state index contributed by atoms with van der Waals surface area (Å²) in [5.41, 5.74) is 2.38. The first-order valence-electron chi connectivity index (χ1n) is 9.51. The molecule has 0 aliphatic carbocycles. The van der Waals surface area contributed by atoms with Crippen LogP contribution in [0.25, 0.3) is 0 Å². The highest BCUT2D eigenvalue weighted by Crippen LogP contribution is 2.42. The summed E-state index contributed by atoms with van der Waals surface area (Å²) in [5.74, 6) is 3.04. The number of benzene rings is 1. The molecule has 2 aliphatic rings. The molecule has 0 unspecified atom stereocenters. The third kappa shape index (κ3) is 3.93. The third-order valence-corrected chi connectivity index (χ3v) is 5.01. The van der Waals surface area contributed by atoms with Gasteiger partial charge in [-0.25, -0.2) is 9.97 Å². The van der Waals surface area contributed by atoms with E-state index in [1.807, 2.05) is 24.5 Å². The van der Waals surface area contributed by atoms with E-state index in [1.54, 1.807) is 7.11 Å². The maximum absolute atomic E-state index is 5.53. The van der Waals surface area contributed by atoms with E-state index in [0.29, 0.717) is 5.75 Å². The molecule has 1 aromatic heterocycles. The van der Waals surface area contributed by atoms with Gasteiger partial charge in [0.15, 0.2) is 11.5 Å². The predicted octanol–water partition coefficient (Wildman–Crippen LogP) is 2.49. The lowest BCUT2D eigenvalue weighted by Gasteiger charge is -2.34. The van der Waals surface area contributed by atoms with Crippen molar-refractivity contribution in [2.24, 2.45) is 0 Å². The van der Waals surface area contributed by atoms with Gasteiger partial charge in [-0.1, -0.05) is 13.3 Å². The van der Waals surface area contributed by atoms with Crippen LogP contribution >= 0.6 is 0 Å². The van der Waals surface area contributed by atoms with E-state index < -0.39 is 0 Å². The highest BCUT2D eigenvalue weighted by Gasteiger charge is 2.23. The molecule has 0 bridgehead atoms. The molecule has 2 aromatic rings. The summed E-state index contributed by atoms with van der Waals surface area (Å²) in [5, 5.41) is 0. The second-order valence-corrected chi connectivity index (χ2v) is 6.94. The van der Waals surface area contributed by atoms with Gasteiger partial charge in [0.1, 0.15) is 0 Å². The molecule has 2 aliphatic heterocycles. The number of hydrogen-bond donors (Lipinski definition) is 0. The quantitative estimate of drug-likeness (QED) is 0.774. The molecule has 1 saturated heterocycles.